The molecule has 0 unspecified atom stereocenters. The molecule has 21 nitrogen and oxygen atoms in total. The van der Waals surface area contributed by atoms with Crippen molar-refractivity contribution in [3.05, 3.63) is 121 Å². The molecule has 0 radical (unpaired) electrons. The van der Waals surface area contributed by atoms with Crippen molar-refractivity contribution in [3.63, 3.8) is 0 Å². The van der Waals surface area contributed by atoms with E-state index in [1.54, 1.807) is 26.3 Å². The van der Waals surface area contributed by atoms with Gasteiger partial charge in [-0.05, 0) is 372 Å². The van der Waals surface area contributed by atoms with Crippen LogP contribution in [-0.4, -0.2) is 144 Å². The summed E-state index contributed by atoms with van der Waals surface area (Å²) in [6.45, 7) is 31.0. The molecule has 122 heavy (non-hydrogen) atoms. The zero-order chi connectivity index (χ0) is 84.9. The molecule has 658 valence electrons. The van der Waals surface area contributed by atoms with Crippen LogP contribution >= 0.6 is 11.6 Å². The molecule has 4 heterocycles. The molecule has 17 aliphatic carbocycles. The molecule has 0 spiro atoms. The van der Waals surface area contributed by atoms with E-state index in [4.69, 9.17) is 16.3 Å². The molecule has 21 rings (SSSR count). The Balaban J connectivity index is 0.000000111. The second-order valence-electron chi connectivity index (χ2n) is 43.2. The molecule has 13 saturated carbocycles. The van der Waals surface area contributed by atoms with Crippen LogP contribution in [0.15, 0.2) is 121 Å². The van der Waals surface area contributed by atoms with Crippen LogP contribution in [0.2, 0.25) is 0 Å². The molecular weight excluding hydrogens is 1550 g/mol. The lowest BCUT2D eigenvalue weighted by molar-refractivity contribution is -0.119. The minimum Gasteiger partial charge on any atom is -0.387 e. The summed E-state index contributed by atoms with van der Waals surface area (Å²) >= 11 is 5.61. The number of methoxy groups -OCH3 is 1. The quantitative estimate of drug-likeness (QED) is 0.0636. The van der Waals surface area contributed by atoms with Crippen LogP contribution in [0.25, 0.3) is 0 Å². The minimum absolute atomic E-state index is 0.158. The second-order valence-corrected chi connectivity index (χ2v) is 43.4. The predicted molar refractivity (Wildman–Crippen MR) is 462 cm³/mol. The van der Waals surface area contributed by atoms with Gasteiger partial charge < -0.3 is 25.2 Å². The Morgan fingerprint density at radius 3 is 1.05 bits per heavy atom. The lowest BCUT2D eigenvalue weighted by Crippen LogP contribution is -2.49. The molecule has 28 atom stereocenters. The van der Waals surface area contributed by atoms with Gasteiger partial charge in [0.15, 0.2) is 25.3 Å². The smallest absolute Gasteiger partial charge is 0.267 e. The van der Waals surface area contributed by atoms with Crippen molar-refractivity contribution < 1.29 is 33.9 Å². The highest BCUT2D eigenvalue weighted by molar-refractivity contribution is 6.30. The number of nitrogens with zero attached hydrogens (tertiary/aromatic N) is 16. The van der Waals surface area contributed by atoms with Gasteiger partial charge in [0.2, 0.25) is 0 Å². The first-order valence-corrected chi connectivity index (χ1v) is 47.6. The number of tetrazole rings is 4. The number of hydrogen-bond donors (Lipinski definition) is 4. The Bertz CT molecular complexity index is 4730. The van der Waals surface area contributed by atoms with E-state index in [-0.39, 0.29) is 18.3 Å². The molecule has 4 aromatic rings. The van der Waals surface area contributed by atoms with Crippen molar-refractivity contribution in [2.24, 2.45) is 146 Å². The van der Waals surface area contributed by atoms with Crippen LogP contribution < -0.4 is 0 Å². The van der Waals surface area contributed by atoms with Crippen LogP contribution in [0.4, 0.5) is 8.78 Å². The van der Waals surface area contributed by atoms with E-state index in [0.29, 0.717) is 133 Å². The van der Waals surface area contributed by atoms with Gasteiger partial charge in [-0.3, -0.25) is 0 Å². The summed E-state index contributed by atoms with van der Waals surface area (Å²) in [4.78, 5) is 6.62. The first-order valence-electron chi connectivity index (χ1n) is 47.3. The van der Waals surface area contributed by atoms with Crippen molar-refractivity contribution >= 4 is 11.6 Å². The van der Waals surface area contributed by atoms with Gasteiger partial charge in [-0.2, -0.15) is 19.2 Å². The number of rotatable bonds is 15. The molecule has 0 amide bonds. The molecule has 0 aliphatic heterocycles. The zero-order valence-corrected chi connectivity index (χ0v) is 74.0. The van der Waals surface area contributed by atoms with Crippen molar-refractivity contribution in [1.29, 1.82) is 0 Å². The maximum Gasteiger partial charge on any atom is 0.267 e. The number of fused-ring (bicyclic) bond motifs is 20. The van der Waals surface area contributed by atoms with Crippen LogP contribution in [0.3, 0.4) is 0 Å². The topological polar surface area (TPSA) is 265 Å². The third-order valence-corrected chi connectivity index (χ3v) is 37.3. The fraction of sp³-hybridized carbons (Fsp3) is 0.755. The highest BCUT2D eigenvalue weighted by Gasteiger charge is 2.63. The highest BCUT2D eigenvalue weighted by atomic mass is 35.5. The summed E-state index contributed by atoms with van der Waals surface area (Å²) in [5, 5.41) is 93.8. The summed E-state index contributed by atoms with van der Waals surface area (Å²) in [6, 6.07) is 0. The van der Waals surface area contributed by atoms with Crippen LogP contribution in [0, 0.1) is 169 Å². The van der Waals surface area contributed by atoms with Gasteiger partial charge in [0, 0.05) is 37.7 Å². The molecule has 4 N–H and O–H groups in total. The van der Waals surface area contributed by atoms with Crippen LogP contribution in [-0.2, 0) is 30.9 Å². The Labute approximate surface area is 726 Å². The largest absolute Gasteiger partial charge is 0.387 e. The standard InChI is InChI=1S/C27H36N4O.C24H31ClN4O.C24H36N4O2.C23H32F2N4O/c1-18(16-31-29-17-28-30-31)24-7-8-25-23-6-5-20-15-27(32,13-9-19-3-4-19)14-11-21(20)22(23)10-12-26(24,25)2;1-16(14-29-27-15-26-28-29)21-5-6-22-20-4-3-17-13-24(30,11-12-25)10-8-18(17)19(20)7-9-23(21,22)2;1-16(13-28-26-15-25-27-28)21-6-7-22-20-5-4-17-12-24(29,14-30-3)11-9-18(17)19(20)8-10-23(21,22)2;1-14(12-29-27-13-26-28-29)19-5-6-20-18-4-3-15-11-23(30,21(24)25)10-8-16(15)17(18)7-9-22(19,20)2/h5,17,19,21-25,32H,1,3-4,6-8,10-12,14-16H2,2H3;3,15,18-22,30H,1,4-10,13-14H2,2H3;4,15,18-22,29H,1,5-14H2,2-3H3;3,13,16-21,30H,1,4-12H2,2H3/t21-,22+,23+,24+,25-,26+,27+;18-,19+,20+,21+,22-,23+,24-;18-,19+,20+,21+,22-,23+,24+;16-,17+,18+,19+,20-,22+,23+/m0000/s1. The molecule has 24 heteroatoms. The third kappa shape index (κ3) is 16.3. The number of ether oxygens (including phenoxy) is 1. The van der Waals surface area contributed by atoms with Gasteiger partial charge in [0.25, 0.3) is 6.43 Å². The Morgan fingerprint density at radius 1 is 0.418 bits per heavy atom. The number of hydrogen-bond acceptors (Lipinski definition) is 17. The Hall–Kier alpha value is -6.73. The molecule has 0 aromatic carbocycles. The zero-order valence-electron chi connectivity index (χ0n) is 73.2. The predicted octanol–water partition coefficient (Wildman–Crippen LogP) is 17.1. The van der Waals surface area contributed by atoms with E-state index in [9.17, 15) is 29.2 Å². The number of allylic oxidation sites excluding steroid dienone is 8. The van der Waals surface area contributed by atoms with Crippen molar-refractivity contribution in [2.75, 3.05) is 13.7 Å². The monoisotopic (exact) mass is 1690 g/mol. The van der Waals surface area contributed by atoms with Gasteiger partial charge in [0.1, 0.15) is 16.8 Å². The van der Waals surface area contributed by atoms with Gasteiger partial charge in [-0.15, -0.1) is 40.8 Å². The molecular formula is C98H135ClF2N16O5. The van der Waals surface area contributed by atoms with E-state index in [1.807, 2.05) is 0 Å². The second kappa shape index (κ2) is 34.1. The van der Waals surface area contributed by atoms with Crippen molar-refractivity contribution in [3.8, 4) is 23.1 Å². The maximum atomic E-state index is 13.4. The van der Waals surface area contributed by atoms with Gasteiger partial charge in [-0.25, -0.2) is 8.78 Å². The summed E-state index contributed by atoms with van der Waals surface area (Å²) in [5.74, 6) is 23.3. The first-order chi connectivity index (χ1) is 58.6. The lowest BCUT2D eigenvalue weighted by Gasteiger charge is -2.54. The molecule has 0 saturated heterocycles. The average Bonchev–Trinajstić information content (AvgIpc) is 1.49. The molecule has 17 aliphatic rings. The lowest BCUT2D eigenvalue weighted by atomic mass is 9.51. The van der Waals surface area contributed by atoms with E-state index < -0.39 is 28.8 Å². The summed E-state index contributed by atoms with van der Waals surface area (Å²) in [7, 11) is 1.70. The average molecular weight is 1690 g/mol. The van der Waals surface area contributed by atoms with Gasteiger partial charge in [-0.1, -0.05) is 141 Å². The normalized spacial score (nSPS) is 42.7. The number of aromatic nitrogens is 16. The number of halogens is 3. The van der Waals surface area contributed by atoms with Crippen molar-refractivity contribution in [2.45, 2.75) is 301 Å². The van der Waals surface area contributed by atoms with Crippen LogP contribution in [0.5, 0.6) is 0 Å². The minimum atomic E-state index is -2.66. The Kier molecular flexibility index (Phi) is 24.1. The van der Waals surface area contributed by atoms with Crippen molar-refractivity contribution in [1.82, 2.24) is 80.8 Å². The maximum absolute atomic E-state index is 13.4. The Morgan fingerprint density at radius 2 is 0.738 bits per heavy atom. The first kappa shape index (κ1) is 86.0. The molecule has 13 fully saturated rings. The van der Waals surface area contributed by atoms with Gasteiger partial charge in [0.05, 0.1) is 38.4 Å². The van der Waals surface area contributed by atoms with E-state index >= 15 is 0 Å². The highest BCUT2D eigenvalue weighted by Crippen LogP contribution is 2.70. The van der Waals surface area contributed by atoms with E-state index in [0.717, 1.165) is 142 Å². The molecule has 4 aromatic heterocycles. The van der Waals surface area contributed by atoms with Gasteiger partial charge >= 0.3 is 0 Å². The summed E-state index contributed by atoms with van der Waals surface area (Å²) in [6.07, 6.45) is 49.1. The number of alkyl halides is 2. The fourth-order valence-electron chi connectivity index (χ4n) is 31.5. The summed E-state index contributed by atoms with van der Waals surface area (Å²) < 4.78 is 32.1. The van der Waals surface area contributed by atoms with E-state index in [2.05, 4.69) is 163 Å². The number of aliphatic hydroxyl groups is 4. The van der Waals surface area contributed by atoms with E-state index in [1.165, 1.54) is 173 Å². The third-order valence-electron chi connectivity index (χ3n) is 37.2. The molecule has 0 bridgehead atoms. The summed E-state index contributed by atoms with van der Waals surface area (Å²) in [5.41, 5.74) is 7.65. The van der Waals surface area contributed by atoms with Crippen LogP contribution in [0.1, 0.15) is 246 Å². The SMILES string of the molecule is C=C(Cn1ncnn1)[C@H]1CC[C@H]2[C@@H]3CC=C4C[C@@](O)(C#CC5CC5)CC[C@@H]4[C@H]3CC[C@]12C.C=C(Cn1ncnn1)[C@H]1CC[C@H]2[C@@H]3CC=C4C[C@@](O)(C#CCl)CC[C@@H]4[C@H]3CC[C@]12C.C=C(Cn1ncnn1)[C@H]1CC[C@H]2[C@@H]3CC=C4C[C@@](O)(C(F)F)CC[C@@H]4[C@H]3CC[C@]12C.C=C(Cn1ncnn1)[C@H]1CC[C@H]2[C@@H]3CC=C4C[C@@](O)(COC)CC[C@@H]4[C@H]3CC[C@]12C. The fourth-order valence-corrected chi connectivity index (χ4v) is 31.7.